The average molecular weight is 379 g/mol. The molecule has 0 bridgehead atoms. The first kappa shape index (κ1) is 20.9. The molecule has 0 N–H and O–H groups in total. The summed E-state index contributed by atoms with van der Waals surface area (Å²) >= 11 is 0. The molecule has 0 unspecified atom stereocenters. The van der Waals surface area contributed by atoms with Crippen molar-refractivity contribution in [1.82, 2.24) is 14.9 Å². The van der Waals surface area contributed by atoms with E-state index < -0.39 is 10.5 Å². The zero-order chi connectivity index (χ0) is 20.0. The average Bonchev–Trinajstić information content (AvgIpc) is 2.61. The van der Waals surface area contributed by atoms with Gasteiger partial charge in [0.25, 0.3) is 0 Å². The first-order valence-electron chi connectivity index (χ1n) is 9.32. The van der Waals surface area contributed by atoms with Crippen molar-refractivity contribution >= 4 is 17.6 Å². The molecule has 1 aromatic heterocycles. The molecule has 150 valence electrons. The first-order valence-corrected chi connectivity index (χ1v) is 9.32. The Kier molecular flexibility index (Phi) is 6.95. The van der Waals surface area contributed by atoms with E-state index in [0.29, 0.717) is 38.5 Å². The molecule has 1 aliphatic heterocycles. The fourth-order valence-corrected chi connectivity index (χ4v) is 2.87. The van der Waals surface area contributed by atoms with E-state index in [4.69, 9.17) is 4.74 Å². The van der Waals surface area contributed by atoms with Crippen LogP contribution in [0.5, 0.6) is 0 Å². The second kappa shape index (κ2) is 8.98. The van der Waals surface area contributed by atoms with Gasteiger partial charge in [0.2, 0.25) is 5.82 Å². The molecule has 1 aromatic rings. The number of hydrogen-bond donors (Lipinski definition) is 0. The van der Waals surface area contributed by atoms with E-state index in [-0.39, 0.29) is 11.8 Å². The van der Waals surface area contributed by atoms with E-state index in [9.17, 15) is 14.9 Å². The fourth-order valence-electron chi connectivity index (χ4n) is 2.87. The van der Waals surface area contributed by atoms with Crippen molar-refractivity contribution in [3.63, 3.8) is 0 Å². The van der Waals surface area contributed by atoms with Gasteiger partial charge in [0.1, 0.15) is 5.60 Å². The predicted octanol–water partition coefficient (Wildman–Crippen LogP) is 3.06. The molecule has 0 aliphatic carbocycles. The number of unbranched alkanes of at least 4 members (excludes halogenated alkanes) is 1. The molecule has 1 saturated heterocycles. The van der Waals surface area contributed by atoms with Crippen LogP contribution in [0.3, 0.4) is 0 Å². The van der Waals surface area contributed by atoms with Crippen molar-refractivity contribution < 1.29 is 14.5 Å². The number of carbonyl (C=O) groups is 1. The van der Waals surface area contributed by atoms with Crippen molar-refractivity contribution in [2.24, 2.45) is 0 Å². The lowest BCUT2D eigenvalue weighted by Gasteiger charge is -2.41. The smallest absolute Gasteiger partial charge is 0.410 e. The summed E-state index contributed by atoms with van der Waals surface area (Å²) in [6.45, 7) is 10.4. The van der Waals surface area contributed by atoms with Crippen LogP contribution in [0.2, 0.25) is 0 Å². The number of pyridine rings is 1. The largest absolute Gasteiger partial charge is 0.444 e. The van der Waals surface area contributed by atoms with Crippen molar-refractivity contribution in [2.75, 3.05) is 37.7 Å². The first-order chi connectivity index (χ1) is 12.7. The van der Waals surface area contributed by atoms with Crippen LogP contribution in [0.25, 0.3) is 0 Å². The topological polar surface area (TPSA) is 92.0 Å². The monoisotopic (exact) mass is 379 g/mol. The summed E-state index contributed by atoms with van der Waals surface area (Å²) in [6.07, 6.45) is 3.10. The molecule has 0 atom stereocenters. The van der Waals surface area contributed by atoms with Crippen LogP contribution in [-0.2, 0) is 4.74 Å². The summed E-state index contributed by atoms with van der Waals surface area (Å²) in [7, 11) is 0. The van der Waals surface area contributed by atoms with Crippen LogP contribution in [-0.4, -0.2) is 64.2 Å². The van der Waals surface area contributed by atoms with Crippen LogP contribution >= 0.6 is 0 Å². The molecule has 1 amide bonds. The van der Waals surface area contributed by atoms with Gasteiger partial charge in [-0.2, -0.15) is 0 Å². The summed E-state index contributed by atoms with van der Waals surface area (Å²) in [5.41, 5.74) is -0.543. The number of carbonyl (C=O) groups excluding carboxylic acids is 1. The molecule has 27 heavy (non-hydrogen) atoms. The van der Waals surface area contributed by atoms with Gasteiger partial charge in [0.15, 0.2) is 0 Å². The van der Waals surface area contributed by atoms with E-state index in [1.807, 2.05) is 30.8 Å². The molecule has 1 aliphatic rings. The lowest BCUT2D eigenvalue weighted by Crippen LogP contribution is -2.56. The summed E-state index contributed by atoms with van der Waals surface area (Å²) in [4.78, 5) is 29.2. The van der Waals surface area contributed by atoms with Crippen molar-refractivity contribution in [1.29, 1.82) is 0 Å². The van der Waals surface area contributed by atoms with Gasteiger partial charge in [-0.1, -0.05) is 13.3 Å². The number of anilines is 1. The second-order valence-electron chi connectivity index (χ2n) is 7.50. The summed E-state index contributed by atoms with van der Waals surface area (Å²) < 4.78 is 5.43. The summed E-state index contributed by atoms with van der Waals surface area (Å²) in [5.74, 6) is 0.349. The van der Waals surface area contributed by atoms with Gasteiger partial charge in [0, 0.05) is 45.0 Å². The number of nitro groups is 1. The lowest BCUT2D eigenvalue weighted by atomic mass is 10.2. The Labute approximate surface area is 160 Å². The minimum absolute atomic E-state index is 0.0109. The zero-order valence-corrected chi connectivity index (χ0v) is 16.6. The van der Waals surface area contributed by atoms with E-state index in [0.717, 1.165) is 12.8 Å². The molecule has 0 spiro atoms. The quantitative estimate of drug-likeness (QED) is 0.554. The van der Waals surface area contributed by atoms with Crippen LogP contribution in [0, 0.1) is 10.1 Å². The van der Waals surface area contributed by atoms with Gasteiger partial charge >= 0.3 is 11.8 Å². The maximum atomic E-state index is 12.2. The van der Waals surface area contributed by atoms with Crippen molar-refractivity contribution in [3.8, 4) is 0 Å². The third-order valence-electron chi connectivity index (χ3n) is 4.18. The molecule has 0 aromatic carbocycles. The summed E-state index contributed by atoms with van der Waals surface area (Å²) in [6, 6.07) is 3.04. The van der Waals surface area contributed by atoms with Gasteiger partial charge in [-0.25, -0.2) is 14.8 Å². The predicted molar refractivity (Wildman–Crippen MR) is 103 cm³/mol. The van der Waals surface area contributed by atoms with E-state index in [1.165, 1.54) is 6.07 Å². The highest BCUT2D eigenvalue weighted by molar-refractivity contribution is 5.68. The third-order valence-corrected chi connectivity index (χ3v) is 4.18. The second-order valence-corrected chi connectivity index (χ2v) is 7.50. The Bertz CT molecular complexity index is 653. The molecular formula is C18H29N5O4. The Balaban J connectivity index is 2.11. The van der Waals surface area contributed by atoms with Crippen LogP contribution < -0.4 is 5.01 Å². The molecule has 9 heteroatoms. The number of ether oxygens (including phenoxy) is 1. The standard InChI is InChI=1S/C18H29N5O4/c1-5-6-10-22(16-15(23(25)26)8-7-9-19-16)21-13-11-20(12-14-21)17(24)27-18(2,3)4/h7-9H,5-6,10-14H2,1-4H3. The van der Waals surface area contributed by atoms with Gasteiger partial charge in [-0.3, -0.25) is 15.1 Å². The molecule has 2 rings (SSSR count). The maximum Gasteiger partial charge on any atom is 0.410 e. The molecule has 0 radical (unpaired) electrons. The Morgan fingerprint density at radius 2 is 2.00 bits per heavy atom. The normalized spacial score (nSPS) is 15.5. The SMILES string of the molecule is CCCCN(c1ncccc1[N+](=O)[O-])N1CCN(C(=O)OC(C)(C)C)CC1. The minimum Gasteiger partial charge on any atom is -0.444 e. The number of rotatable bonds is 6. The van der Waals surface area contributed by atoms with Crippen LogP contribution in [0.15, 0.2) is 18.3 Å². The minimum atomic E-state index is -0.532. The number of hydrazine groups is 1. The van der Waals surface area contributed by atoms with Crippen molar-refractivity contribution in [2.45, 2.75) is 46.1 Å². The molecule has 2 heterocycles. The van der Waals surface area contributed by atoms with Crippen molar-refractivity contribution in [3.05, 3.63) is 28.4 Å². The van der Waals surface area contributed by atoms with Gasteiger partial charge in [-0.05, 0) is 33.3 Å². The Hall–Kier alpha value is -2.42. The van der Waals surface area contributed by atoms with E-state index >= 15 is 0 Å². The molecular weight excluding hydrogens is 350 g/mol. The lowest BCUT2D eigenvalue weighted by molar-refractivity contribution is -0.384. The number of amides is 1. The Morgan fingerprint density at radius 3 is 2.56 bits per heavy atom. The van der Waals surface area contributed by atoms with E-state index in [2.05, 4.69) is 11.9 Å². The molecule has 9 nitrogen and oxygen atoms in total. The highest BCUT2D eigenvalue weighted by atomic mass is 16.6. The molecule has 0 saturated carbocycles. The fraction of sp³-hybridized carbons (Fsp3) is 0.667. The highest BCUT2D eigenvalue weighted by Gasteiger charge is 2.31. The maximum absolute atomic E-state index is 12.2. The number of nitrogens with zero attached hydrogens (tertiary/aromatic N) is 5. The van der Waals surface area contributed by atoms with Crippen LogP contribution in [0.1, 0.15) is 40.5 Å². The highest BCUT2D eigenvalue weighted by Crippen LogP contribution is 2.27. The summed E-state index contributed by atoms with van der Waals surface area (Å²) in [5, 5.41) is 15.3. The van der Waals surface area contributed by atoms with Crippen LogP contribution in [0.4, 0.5) is 16.3 Å². The third kappa shape index (κ3) is 5.78. The number of hydrogen-bond acceptors (Lipinski definition) is 7. The number of aromatic nitrogens is 1. The number of piperazine rings is 1. The van der Waals surface area contributed by atoms with E-state index in [1.54, 1.807) is 17.2 Å². The van der Waals surface area contributed by atoms with Gasteiger partial charge in [0.05, 0.1) is 4.92 Å². The van der Waals surface area contributed by atoms with Gasteiger partial charge in [-0.15, -0.1) is 0 Å². The van der Waals surface area contributed by atoms with Gasteiger partial charge < -0.3 is 9.64 Å². The zero-order valence-electron chi connectivity index (χ0n) is 16.6. The Morgan fingerprint density at radius 1 is 1.33 bits per heavy atom. The molecule has 1 fully saturated rings.